The van der Waals surface area contributed by atoms with Crippen LogP contribution in [0, 0.1) is 11.8 Å². The lowest BCUT2D eigenvalue weighted by molar-refractivity contribution is -0.126. The lowest BCUT2D eigenvalue weighted by Crippen LogP contribution is -2.19. The zero-order valence-electron chi connectivity index (χ0n) is 12.4. The summed E-state index contributed by atoms with van der Waals surface area (Å²) in [6.45, 7) is 8.45. The summed E-state index contributed by atoms with van der Waals surface area (Å²) in [6, 6.07) is 0. The minimum atomic E-state index is 0.213. The van der Waals surface area contributed by atoms with Crippen LogP contribution in [0.1, 0.15) is 85.5 Å². The summed E-state index contributed by atoms with van der Waals surface area (Å²) in [5.41, 5.74) is 0. The third-order valence-electron chi connectivity index (χ3n) is 3.62. The number of ketones is 1. The number of rotatable bonds is 11. The quantitative estimate of drug-likeness (QED) is 0.443. The summed E-state index contributed by atoms with van der Waals surface area (Å²) in [4.78, 5) is 11.9. The maximum atomic E-state index is 11.9. The van der Waals surface area contributed by atoms with Crippen LogP contribution in [-0.2, 0) is 4.79 Å². The first-order valence-electron chi connectivity index (χ1n) is 7.67. The molecule has 0 aliphatic heterocycles. The van der Waals surface area contributed by atoms with Crippen molar-refractivity contribution >= 4 is 5.78 Å². The molecule has 0 aromatic rings. The van der Waals surface area contributed by atoms with E-state index in [0.717, 1.165) is 12.8 Å². The van der Waals surface area contributed by atoms with Crippen molar-refractivity contribution in [2.24, 2.45) is 11.8 Å². The maximum Gasteiger partial charge on any atom is 0.138 e. The Hall–Kier alpha value is -0.330. The molecule has 1 heteroatoms. The molecule has 0 aliphatic carbocycles. The van der Waals surface area contributed by atoms with Crippen LogP contribution in [0.25, 0.3) is 0 Å². The Labute approximate surface area is 108 Å². The van der Waals surface area contributed by atoms with Gasteiger partial charge in [0.25, 0.3) is 0 Å². The van der Waals surface area contributed by atoms with Crippen molar-refractivity contribution in [2.75, 3.05) is 0 Å². The number of hydrogen-bond donors (Lipinski definition) is 0. The number of unbranched alkanes of at least 4 members (excludes halogenated alkanes) is 6. The van der Waals surface area contributed by atoms with E-state index < -0.39 is 0 Å². The van der Waals surface area contributed by atoms with Crippen LogP contribution in [0.2, 0.25) is 0 Å². The van der Waals surface area contributed by atoms with Gasteiger partial charge in [0.1, 0.15) is 5.78 Å². The van der Waals surface area contributed by atoms with E-state index in [2.05, 4.69) is 13.8 Å². The van der Waals surface area contributed by atoms with E-state index in [1.54, 1.807) is 0 Å². The van der Waals surface area contributed by atoms with Crippen molar-refractivity contribution in [3.8, 4) is 0 Å². The summed E-state index contributed by atoms with van der Waals surface area (Å²) in [6.07, 6.45) is 11.5. The Kier molecular flexibility index (Phi) is 10.6. The lowest BCUT2D eigenvalue weighted by Gasteiger charge is -2.15. The highest BCUT2D eigenvalue weighted by atomic mass is 16.1. The Morgan fingerprint density at radius 1 is 0.882 bits per heavy atom. The van der Waals surface area contributed by atoms with Crippen molar-refractivity contribution in [1.29, 1.82) is 0 Å². The molecule has 0 spiro atoms. The smallest absolute Gasteiger partial charge is 0.138 e. The topological polar surface area (TPSA) is 17.1 Å². The van der Waals surface area contributed by atoms with E-state index in [1.165, 1.54) is 44.9 Å². The number of Topliss-reactive ketones (excluding diaryl/α,β-unsaturated/α-hetero) is 1. The summed E-state index contributed by atoms with van der Waals surface area (Å²) in [5, 5.41) is 0. The van der Waals surface area contributed by atoms with E-state index in [1.807, 2.05) is 13.8 Å². The molecule has 0 aromatic heterocycles. The van der Waals surface area contributed by atoms with Crippen LogP contribution in [0.5, 0.6) is 0 Å². The molecular weight excluding hydrogens is 208 g/mol. The number of carbonyl (C=O) groups excluding carboxylic acids is 1. The number of hydrogen-bond acceptors (Lipinski definition) is 1. The van der Waals surface area contributed by atoms with E-state index >= 15 is 0 Å². The summed E-state index contributed by atoms with van der Waals surface area (Å²) >= 11 is 0. The Morgan fingerprint density at radius 2 is 1.41 bits per heavy atom. The van der Waals surface area contributed by atoms with E-state index in [9.17, 15) is 4.79 Å². The number of carbonyl (C=O) groups is 1. The summed E-state index contributed by atoms with van der Waals surface area (Å²) in [7, 11) is 0. The minimum absolute atomic E-state index is 0.213. The first kappa shape index (κ1) is 16.7. The molecule has 0 aliphatic rings. The Balaban J connectivity index is 3.54. The molecule has 0 amide bonds. The molecule has 0 aromatic carbocycles. The van der Waals surface area contributed by atoms with Gasteiger partial charge in [-0.05, 0) is 12.8 Å². The van der Waals surface area contributed by atoms with Gasteiger partial charge in [-0.1, -0.05) is 72.6 Å². The summed E-state index contributed by atoms with van der Waals surface area (Å²) < 4.78 is 0. The lowest BCUT2D eigenvalue weighted by atomic mass is 9.88. The second-order valence-corrected chi connectivity index (χ2v) is 5.57. The van der Waals surface area contributed by atoms with Crippen molar-refractivity contribution in [3.05, 3.63) is 0 Å². The molecule has 0 saturated heterocycles. The van der Waals surface area contributed by atoms with Crippen LogP contribution >= 0.6 is 0 Å². The van der Waals surface area contributed by atoms with Gasteiger partial charge in [0, 0.05) is 11.8 Å². The van der Waals surface area contributed by atoms with Crippen LogP contribution in [0.15, 0.2) is 0 Å². The molecule has 17 heavy (non-hydrogen) atoms. The molecule has 1 nitrogen and oxygen atoms in total. The van der Waals surface area contributed by atoms with Crippen LogP contribution in [0.3, 0.4) is 0 Å². The standard InChI is InChI=1S/C16H32O/c1-5-7-8-9-10-11-12-13-15(6-2)16(17)14(3)4/h14-15H,5-13H2,1-4H3. The van der Waals surface area contributed by atoms with Gasteiger partial charge in [-0.2, -0.15) is 0 Å². The van der Waals surface area contributed by atoms with Gasteiger partial charge in [-0.15, -0.1) is 0 Å². The van der Waals surface area contributed by atoms with Gasteiger partial charge < -0.3 is 0 Å². The first-order chi connectivity index (χ1) is 8.13. The molecule has 0 heterocycles. The molecule has 0 fully saturated rings. The second-order valence-electron chi connectivity index (χ2n) is 5.57. The van der Waals surface area contributed by atoms with Crippen LogP contribution in [-0.4, -0.2) is 5.78 Å². The highest BCUT2D eigenvalue weighted by Gasteiger charge is 2.18. The van der Waals surface area contributed by atoms with Crippen molar-refractivity contribution < 1.29 is 4.79 Å². The molecule has 102 valence electrons. The predicted molar refractivity (Wildman–Crippen MR) is 76.2 cm³/mol. The normalized spacial score (nSPS) is 13.0. The molecule has 0 N–H and O–H groups in total. The van der Waals surface area contributed by atoms with E-state index in [-0.39, 0.29) is 5.92 Å². The second kappa shape index (κ2) is 10.8. The fourth-order valence-corrected chi connectivity index (χ4v) is 2.37. The maximum absolute atomic E-state index is 11.9. The zero-order valence-corrected chi connectivity index (χ0v) is 12.4. The van der Waals surface area contributed by atoms with E-state index in [0.29, 0.717) is 11.7 Å². The van der Waals surface area contributed by atoms with Crippen LogP contribution in [0.4, 0.5) is 0 Å². The highest BCUT2D eigenvalue weighted by molar-refractivity contribution is 5.82. The van der Waals surface area contributed by atoms with Crippen LogP contribution < -0.4 is 0 Å². The molecule has 1 unspecified atom stereocenters. The van der Waals surface area contributed by atoms with Crippen molar-refractivity contribution in [2.45, 2.75) is 85.5 Å². The first-order valence-corrected chi connectivity index (χ1v) is 7.67. The highest BCUT2D eigenvalue weighted by Crippen LogP contribution is 2.19. The van der Waals surface area contributed by atoms with Gasteiger partial charge in [-0.3, -0.25) is 4.79 Å². The minimum Gasteiger partial charge on any atom is -0.299 e. The van der Waals surface area contributed by atoms with Gasteiger partial charge >= 0.3 is 0 Å². The molecule has 0 bridgehead atoms. The molecule has 0 rings (SSSR count). The molecule has 1 atom stereocenters. The molecular formula is C16H32O. The molecule has 0 saturated carbocycles. The average molecular weight is 240 g/mol. The molecule has 0 radical (unpaired) electrons. The van der Waals surface area contributed by atoms with E-state index in [4.69, 9.17) is 0 Å². The van der Waals surface area contributed by atoms with Crippen molar-refractivity contribution in [1.82, 2.24) is 0 Å². The fraction of sp³-hybridized carbons (Fsp3) is 0.938. The third-order valence-corrected chi connectivity index (χ3v) is 3.62. The third kappa shape index (κ3) is 8.40. The van der Waals surface area contributed by atoms with Crippen molar-refractivity contribution in [3.63, 3.8) is 0 Å². The predicted octanol–water partition coefficient (Wildman–Crippen LogP) is 5.38. The fourth-order valence-electron chi connectivity index (χ4n) is 2.37. The summed E-state index contributed by atoms with van der Waals surface area (Å²) in [5.74, 6) is 1.01. The monoisotopic (exact) mass is 240 g/mol. The Bertz CT molecular complexity index is 184. The van der Waals surface area contributed by atoms with Gasteiger partial charge in [0.05, 0.1) is 0 Å². The Morgan fingerprint density at radius 3 is 1.88 bits per heavy atom. The largest absolute Gasteiger partial charge is 0.299 e. The van der Waals surface area contributed by atoms with Gasteiger partial charge in [0.15, 0.2) is 0 Å². The average Bonchev–Trinajstić information content (AvgIpc) is 2.32. The van der Waals surface area contributed by atoms with Gasteiger partial charge in [0.2, 0.25) is 0 Å². The van der Waals surface area contributed by atoms with Gasteiger partial charge in [-0.25, -0.2) is 0 Å². The SMILES string of the molecule is CCCCCCCCCC(CC)C(=O)C(C)C. The zero-order chi connectivity index (χ0) is 13.1.